The van der Waals surface area contributed by atoms with Crippen LogP contribution >= 0.6 is 0 Å². The van der Waals surface area contributed by atoms with Crippen LogP contribution in [0.4, 0.5) is 0 Å². The number of carbonyl (C=O) groups is 2. The Bertz CT molecular complexity index is 434. The van der Waals surface area contributed by atoms with Crippen LogP contribution in [0.15, 0.2) is 30.8 Å². The molecule has 4 heteroatoms. The number of hydrogen-bond acceptors (Lipinski definition) is 3. The lowest BCUT2D eigenvalue weighted by Gasteiger charge is -2.09. The average Bonchev–Trinajstić information content (AvgIpc) is 2.35. The summed E-state index contributed by atoms with van der Waals surface area (Å²) in [5, 5.41) is 8.56. The molecule has 1 aromatic rings. The van der Waals surface area contributed by atoms with Gasteiger partial charge in [0.1, 0.15) is 6.61 Å². The quantitative estimate of drug-likeness (QED) is 0.785. The minimum absolute atomic E-state index is 0.153. The molecule has 0 saturated carbocycles. The first kappa shape index (κ1) is 14.0. The summed E-state index contributed by atoms with van der Waals surface area (Å²) in [7, 11) is 0. The van der Waals surface area contributed by atoms with Gasteiger partial charge in [0, 0.05) is 0 Å². The predicted octanol–water partition coefficient (Wildman–Crippen LogP) is 2.48. The predicted molar refractivity (Wildman–Crippen MR) is 67.7 cm³/mol. The third-order valence-corrected chi connectivity index (χ3v) is 2.48. The van der Waals surface area contributed by atoms with Gasteiger partial charge in [0.15, 0.2) is 0 Å². The Morgan fingerprint density at radius 2 is 2.00 bits per heavy atom. The molecule has 1 aromatic carbocycles. The summed E-state index contributed by atoms with van der Waals surface area (Å²) in [4.78, 5) is 21.9. The van der Waals surface area contributed by atoms with E-state index in [9.17, 15) is 9.59 Å². The topological polar surface area (TPSA) is 63.6 Å². The van der Waals surface area contributed by atoms with Crippen LogP contribution in [-0.2, 0) is 20.9 Å². The number of ether oxygens (including phenoxy) is 1. The number of aliphatic carboxylic acids is 1. The van der Waals surface area contributed by atoms with Gasteiger partial charge in [-0.05, 0) is 11.1 Å². The minimum atomic E-state index is -1.00. The highest BCUT2D eigenvalue weighted by atomic mass is 16.5. The molecule has 18 heavy (non-hydrogen) atoms. The van der Waals surface area contributed by atoms with Crippen molar-refractivity contribution >= 4 is 18.0 Å². The van der Waals surface area contributed by atoms with Crippen LogP contribution in [0, 0.1) is 5.92 Å². The molecule has 0 fully saturated rings. The van der Waals surface area contributed by atoms with Crippen molar-refractivity contribution in [2.24, 2.45) is 5.92 Å². The summed E-state index contributed by atoms with van der Waals surface area (Å²) in [6.07, 6.45) is 1.51. The number of hydrogen-bond donors (Lipinski definition) is 1. The van der Waals surface area contributed by atoms with Gasteiger partial charge >= 0.3 is 11.9 Å². The van der Waals surface area contributed by atoms with E-state index >= 15 is 0 Å². The van der Waals surface area contributed by atoms with Gasteiger partial charge in [-0.25, -0.2) is 0 Å². The zero-order valence-electron chi connectivity index (χ0n) is 10.3. The molecule has 0 spiro atoms. The van der Waals surface area contributed by atoms with E-state index in [4.69, 9.17) is 9.84 Å². The lowest BCUT2D eigenvalue weighted by atomic mass is 10.1. The molecule has 4 nitrogen and oxygen atoms in total. The highest BCUT2D eigenvalue weighted by molar-refractivity contribution is 5.78. The molecule has 0 saturated heterocycles. The molecule has 96 valence electrons. The maximum atomic E-state index is 11.5. The van der Waals surface area contributed by atoms with E-state index in [-0.39, 0.29) is 13.0 Å². The third-order valence-electron chi connectivity index (χ3n) is 2.48. The molecule has 1 atom stereocenters. The fraction of sp³-hybridized carbons (Fsp3) is 0.286. The zero-order chi connectivity index (χ0) is 13.5. The molecule has 0 aromatic heterocycles. The highest BCUT2D eigenvalue weighted by Gasteiger charge is 2.17. The van der Waals surface area contributed by atoms with Crippen LogP contribution in [0.1, 0.15) is 24.5 Å². The molecule has 0 amide bonds. The van der Waals surface area contributed by atoms with Crippen molar-refractivity contribution in [1.82, 2.24) is 0 Å². The average molecular weight is 248 g/mol. The Hall–Kier alpha value is -2.10. The molecule has 0 aliphatic carbocycles. The third kappa shape index (κ3) is 4.41. The zero-order valence-corrected chi connectivity index (χ0v) is 10.3. The standard InChI is InChI=1S/C14H16O4/c1-3-11-4-6-12(7-5-11)9-18-14(17)10(2)8-13(15)16/h3-7,10H,1,8-9H2,2H3,(H,15,16). The summed E-state index contributed by atoms with van der Waals surface area (Å²) in [6, 6.07) is 7.42. The van der Waals surface area contributed by atoms with E-state index in [1.54, 1.807) is 6.08 Å². The van der Waals surface area contributed by atoms with Gasteiger partial charge in [0.25, 0.3) is 0 Å². The van der Waals surface area contributed by atoms with Gasteiger partial charge in [-0.1, -0.05) is 43.8 Å². The molecule has 1 rings (SSSR count). The maximum absolute atomic E-state index is 11.5. The van der Waals surface area contributed by atoms with E-state index in [1.807, 2.05) is 24.3 Å². The maximum Gasteiger partial charge on any atom is 0.309 e. The van der Waals surface area contributed by atoms with Crippen LogP contribution in [0.25, 0.3) is 6.08 Å². The van der Waals surface area contributed by atoms with Crippen molar-refractivity contribution in [3.8, 4) is 0 Å². The summed E-state index contributed by atoms with van der Waals surface area (Å²) < 4.78 is 5.04. The Balaban J connectivity index is 2.46. The number of benzene rings is 1. The minimum Gasteiger partial charge on any atom is -0.481 e. The van der Waals surface area contributed by atoms with Crippen molar-refractivity contribution < 1.29 is 19.4 Å². The summed E-state index contributed by atoms with van der Waals surface area (Å²) in [6.45, 7) is 5.34. The molecule has 0 radical (unpaired) electrons. The van der Waals surface area contributed by atoms with Gasteiger partial charge < -0.3 is 9.84 Å². The van der Waals surface area contributed by atoms with Crippen molar-refractivity contribution in [1.29, 1.82) is 0 Å². The number of rotatable bonds is 6. The summed E-state index contributed by atoms with van der Waals surface area (Å²) in [5.74, 6) is -2.13. The highest BCUT2D eigenvalue weighted by Crippen LogP contribution is 2.10. The second-order valence-electron chi connectivity index (χ2n) is 4.05. The number of carboxylic acids is 1. The first-order valence-electron chi connectivity index (χ1n) is 5.62. The Labute approximate surface area is 106 Å². The SMILES string of the molecule is C=Cc1ccc(COC(=O)C(C)CC(=O)O)cc1. The van der Waals surface area contributed by atoms with Crippen molar-refractivity contribution in [2.45, 2.75) is 20.0 Å². The Morgan fingerprint density at radius 3 is 2.50 bits per heavy atom. The van der Waals surface area contributed by atoms with Crippen LogP contribution < -0.4 is 0 Å². The Morgan fingerprint density at radius 1 is 1.39 bits per heavy atom. The van der Waals surface area contributed by atoms with Gasteiger partial charge in [-0.15, -0.1) is 0 Å². The first-order chi connectivity index (χ1) is 8.52. The normalized spacial score (nSPS) is 11.6. The molecular formula is C14H16O4. The van der Waals surface area contributed by atoms with Gasteiger partial charge in [-0.3, -0.25) is 9.59 Å². The second-order valence-corrected chi connectivity index (χ2v) is 4.05. The number of carboxylic acid groups (broad SMARTS) is 1. The first-order valence-corrected chi connectivity index (χ1v) is 5.62. The molecule has 0 heterocycles. The van der Waals surface area contributed by atoms with Gasteiger partial charge in [-0.2, -0.15) is 0 Å². The molecule has 1 N–H and O–H groups in total. The molecule has 1 unspecified atom stereocenters. The van der Waals surface area contributed by atoms with E-state index in [2.05, 4.69) is 6.58 Å². The van der Waals surface area contributed by atoms with Crippen LogP contribution in [0.3, 0.4) is 0 Å². The summed E-state index contributed by atoms with van der Waals surface area (Å²) in [5.41, 5.74) is 1.85. The van der Waals surface area contributed by atoms with E-state index < -0.39 is 17.9 Å². The molecule has 0 aliphatic heterocycles. The molecule has 0 bridgehead atoms. The van der Waals surface area contributed by atoms with Crippen LogP contribution in [0.5, 0.6) is 0 Å². The van der Waals surface area contributed by atoms with Gasteiger partial charge in [0.05, 0.1) is 12.3 Å². The Kier molecular flexibility index (Phi) is 5.11. The monoisotopic (exact) mass is 248 g/mol. The molecular weight excluding hydrogens is 232 g/mol. The largest absolute Gasteiger partial charge is 0.481 e. The summed E-state index contributed by atoms with van der Waals surface area (Å²) >= 11 is 0. The van der Waals surface area contributed by atoms with Crippen molar-refractivity contribution in [2.75, 3.05) is 0 Å². The van der Waals surface area contributed by atoms with Crippen molar-refractivity contribution in [3.05, 3.63) is 42.0 Å². The van der Waals surface area contributed by atoms with Crippen LogP contribution in [0.2, 0.25) is 0 Å². The van der Waals surface area contributed by atoms with E-state index in [0.717, 1.165) is 11.1 Å². The number of esters is 1. The smallest absolute Gasteiger partial charge is 0.309 e. The fourth-order valence-electron chi connectivity index (χ4n) is 1.39. The van der Waals surface area contributed by atoms with Crippen LogP contribution in [-0.4, -0.2) is 17.0 Å². The van der Waals surface area contributed by atoms with Gasteiger partial charge in [0.2, 0.25) is 0 Å². The second kappa shape index (κ2) is 6.59. The molecule has 0 aliphatic rings. The number of carbonyl (C=O) groups excluding carboxylic acids is 1. The van der Waals surface area contributed by atoms with E-state index in [1.165, 1.54) is 6.92 Å². The lowest BCUT2D eigenvalue weighted by Crippen LogP contribution is -2.17. The van der Waals surface area contributed by atoms with Crippen molar-refractivity contribution in [3.63, 3.8) is 0 Å². The van der Waals surface area contributed by atoms with E-state index in [0.29, 0.717) is 0 Å². The fourth-order valence-corrected chi connectivity index (χ4v) is 1.39. The lowest BCUT2D eigenvalue weighted by molar-refractivity contribution is -0.153.